The third kappa shape index (κ3) is 5.27. The molecule has 1 fully saturated rings. The maximum atomic E-state index is 12.0. The van der Waals surface area contributed by atoms with Gasteiger partial charge in [-0.3, -0.25) is 4.79 Å². The van der Waals surface area contributed by atoms with Gasteiger partial charge >= 0.3 is 0 Å². The van der Waals surface area contributed by atoms with E-state index in [9.17, 15) is 4.79 Å². The van der Waals surface area contributed by atoms with Gasteiger partial charge in [-0.05, 0) is 37.2 Å². The summed E-state index contributed by atoms with van der Waals surface area (Å²) in [6, 6.07) is -0.340. The van der Waals surface area contributed by atoms with Gasteiger partial charge in [-0.25, -0.2) is 0 Å². The number of carbonyl (C=O) groups is 1. The number of thioether (sulfide) groups is 1. The van der Waals surface area contributed by atoms with Crippen LogP contribution in [0.25, 0.3) is 0 Å². The maximum Gasteiger partial charge on any atom is 0.239 e. The number of nitrogens with zero attached hydrogens (tertiary/aromatic N) is 1. The number of rotatable bonds is 6. The fourth-order valence-corrected chi connectivity index (χ4v) is 2.55. The molecule has 2 N–H and O–H groups in total. The molecule has 17 heavy (non-hydrogen) atoms. The molecular formula is C12H24N2O2S. The normalized spacial score (nSPS) is 19.0. The number of likely N-dealkylation sites (N-methyl/N-ethyl adjacent to an activating group) is 1. The van der Waals surface area contributed by atoms with E-state index in [2.05, 4.69) is 0 Å². The molecule has 1 saturated heterocycles. The summed E-state index contributed by atoms with van der Waals surface area (Å²) in [6.45, 7) is 2.46. The summed E-state index contributed by atoms with van der Waals surface area (Å²) in [6.07, 6.45) is 4.90. The van der Waals surface area contributed by atoms with E-state index in [1.807, 2.05) is 13.3 Å². The van der Waals surface area contributed by atoms with Gasteiger partial charge < -0.3 is 15.4 Å². The van der Waals surface area contributed by atoms with E-state index >= 15 is 0 Å². The van der Waals surface area contributed by atoms with Crippen molar-refractivity contribution >= 4 is 17.7 Å². The Kier molecular flexibility index (Phi) is 6.92. The van der Waals surface area contributed by atoms with Crippen LogP contribution in [0.2, 0.25) is 0 Å². The van der Waals surface area contributed by atoms with Crippen LogP contribution < -0.4 is 5.73 Å². The minimum absolute atomic E-state index is 0.0746. The molecule has 0 saturated carbocycles. The highest BCUT2D eigenvalue weighted by Gasteiger charge is 2.22. The number of amides is 1. The predicted molar refractivity (Wildman–Crippen MR) is 72.2 cm³/mol. The Morgan fingerprint density at radius 1 is 1.53 bits per heavy atom. The number of nitrogens with two attached hydrogens (primary N) is 1. The summed E-state index contributed by atoms with van der Waals surface area (Å²) in [5.74, 6) is 1.59. The monoisotopic (exact) mass is 260 g/mol. The Hall–Kier alpha value is -0.260. The second-order valence-electron chi connectivity index (χ2n) is 4.66. The lowest BCUT2D eigenvalue weighted by Gasteiger charge is -2.28. The van der Waals surface area contributed by atoms with E-state index in [-0.39, 0.29) is 11.9 Å². The van der Waals surface area contributed by atoms with Crippen molar-refractivity contribution in [3.8, 4) is 0 Å². The molecule has 1 rings (SSSR count). The van der Waals surface area contributed by atoms with Crippen LogP contribution in [0, 0.1) is 5.92 Å². The minimum atomic E-state index is -0.340. The van der Waals surface area contributed by atoms with Crippen LogP contribution >= 0.6 is 11.8 Å². The number of ether oxygens (including phenoxy) is 1. The van der Waals surface area contributed by atoms with Gasteiger partial charge in [-0.2, -0.15) is 11.8 Å². The van der Waals surface area contributed by atoms with Crippen molar-refractivity contribution in [2.75, 3.05) is 38.8 Å². The molecule has 100 valence electrons. The number of hydrogen-bond acceptors (Lipinski definition) is 4. The molecule has 1 aliphatic rings. The zero-order chi connectivity index (χ0) is 12.7. The third-order valence-electron chi connectivity index (χ3n) is 3.20. The zero-order valence-corrected chi connectivity index (χ0v) is 11.7. The van der Waals surface area contributed by atoms with Crippen molar-refractivity contribution in [1.29, 1.82) is 0 Å². The molecule has 0 aliphatic carbocycles. The third-order valence-corrected chi connectivity index (χ3v) is 3.84. The maximum absolute atomic E-state index is 12.0. The Bertz CT molecular complexity index is 233. The van der Waals surface area contributed by atoms with Crippen LogP contribution in [0.3, 0.4) is 0 Å². The summed E-state index contributed by atoms with van der Waals surface area (Å²) in [5, 5.41) is 0. The van der Waals surface area contributed by atoms with Crippen molar-refractivity contribution in [2.45, 2.75) is 25.3 Å². The number of carbonyl (C=O) groups excluding carboxylic acids is 1. The predicted octanol–water partition coefficient (Wildman–Crippen LogP) is 0.952. The first kappa shape index (κ1) is 14.8. The summed E-state index contributed by atoms with van der Waals surface area (Å²) in [5.41, 5.74) is 5.88. The van der Waals surface area contributed by atoms with Gasteiger partial charge in [-0.15, -0.1) is 0 Å². The van der Waals surface area contributed by atoms with Crippen molar-refractivity contribution in [1.82, 2.24) is 4.90 Å². The van der Waals surface area contributed by atoms with E-state index in [0.29, 0.717) is 5.92 Å². The minimum Gasteiger partial charge on any atom is -0.381 e. The van der Waals surface area contributed by atoms with Gasteiger partial charge in [0, 0.05) is 26.8 Å². The molecule has 0 unspecified atom stereocenters. The van der Waals surface area contributed by atoms with Gasteiger partial charge in [0.05, 0.1) is 6.04 Å². The van der Waals surface area contributed by atoms with Gasteiger partial charge in [-0.1, -0.05) is 0 Å². The molecule has 0 bridgehead atoms. The topological polar surface area (TPSA) is 55.6 Å². The lowest BCUT2D eigenvalue weighted by Crippen LogP contribution is -2.44. The van der Waals surface area contributed by atoms with Gasteiger partial charge in [0.1, 0.15) is 0 Å². The summed E-state index contributed by atoms with van der Waals surface area (Å²) >= 11 is 1.73. The largest absolute Gasteiger partial charge is 0.381 e. The van der Waals surface area contributed by atoms with E-state index in [1.54, 1.807) is 16.7 Å². The van der Waals surface area contributed by atoms with Crippen LogP contribution in [0.1, 0.15) is 19.3 Å². The number of hydrogen-bond donors (Lipinski definition) is 1. The highest BCUT2D eigenvalue weighted by atomic mass is 32.2. The van der Waals surface area contributed by atoms with Crippen LogP contribution in [0.5, 0.6) is 0 Å². The van der Waals surface area contributed by atoms with Gasteiger partial charge in [0.25, 0.3) is 0 Å². The molecular weight excluding hydrogens is 236 g/mol. The Morgan fingerprint density at radius 3 is 2.76 bits per heavy atom. The first-order valence-corrected chi connectivity index (χ1v) is 7.61. The first-order chi connectivity index (χ1) is 8.15. The molecule has 0 aromatic rings. The molecule has 1 atom stereocenters. The molecule has 1 amide bonds. The zero-order valence-electron chi connectivity index (χ0n) is 10.9. The molecule has 0 radical (unpaired) electrons. The Labute approximate surface area is 108 Å². The first-order valence-electron chi connectivity index (χ1n) is 6.22. The van der Waals surface area contributed by atoms with E-state index in [1.165, 1.54) is 0 Å². The van der Waals surface area contributed by atoms with E-state index in [0.717, 1.165) is 44.8 Å². The molecule has 1 aliphatic heterocycles. The van der Waals surface area contributed by atoms with Crippen molar-refractivity contribution in [3.05, 3.63) is 0 Å². The Balaban J connectivity index is 2.29. The van der Waals surface area contributed by atoms with Crippen LogP contribution in [0.4, 0.5) is 0 Å². The van der Waals surface area contributed by atoms with Crippen LogP contribution in [-0.2, 0) is 9.53 Å². The fraction of sp³-hybridized carbons (Fsp3) is 0.917. The van der Waals surface area contributed by atoms with Crippen LogP contribution in [-0.4, -0.2) is 55.7 Å². The molecule has 5 heteroatoms. The fourth-order valence-electron chi connectivity index (χ4n) is 2.06. The Morgan fingerprint density at radius 2 is 2.18 bits per heavy atom. The summed E-state index contributed by atoms with van der Waals surface area (Å²) < 4.78 is 5.31. The van der Waals surface area contributed by atoms with E-state index < -0.39 is 0 Å². The highest BCUT2D eigenvalue weighted by Crippen LogP contribution is 2.16. The summed E-state index contributed by atoms with van der Waals surface area (Å²) in [7, 11) is 1.86. The molecule has 0 aromatic carbocycles. The average molecular weight is 260 g/mol. The standard InChI is InChI=1S/C12H24N2O2S/c1-14(9-10-3-6-16-7-4-10)12(15)11(13)5-8-17-2/h10-11H,3-9,13H2,1-2H3/t11-/m1/s1. The van der Waals surface area contributed by atoms with Crippen molar-refractivity contribution < 1.29 is 9.53 Å². The SMILES string of the molecule is CSCC[C@@H](N)C(=O)N(C)CC1CCOCC1. The lowest BCUT2D eigenvalue weighted by molar-refractivity contribution is -0.132. The van der Waals surface area contributed by atoms with Gasteiger partial charge in [0.2, 0.25) is 5.91 Å². The van der Waals surface area contributed by atoms with Crippen molar-refractivity contribution in [2.24, 2.45) is 11.7 Å². The van der Waals surface area contributed by atoms with E-state index in [4.69, 9.17) is 10.5 Å². The van der Waals surface area contributed by atoms with Crippen LogP contribution in [0.15, 0.2) is 0 Å². The molecule has 1 heterocycles. The van der Waals surface area contributed by atoms with Crippen molar-refractivity contribution in [3.63, 3.8) is 0 Å². The molecule has 0 spiro atoms. The quantitative estimate of drug-likeness (QED) is 0.772. The lowest BCUT2D eigenvalue weighted by atomic mass is 9.99. The molecule has 4 nitrogen and oxygen atoms in total. The summed E-state index contributed by atoms with van der Waals surface area (Å²) in [4.78, 5) is 13.8. The second-order valence-corrected chi connectivity index (χ2v) is 5.65. The highest BCUT2D eigenvalue weighted by molar-refractivity contribution is 7.98. The average Bonchev–Trinajstić information content (AvgIpc) is 2.36. The molecule has 0 aromatic heterocycles. The van der Waals surface area contributed by atoms with Gasteiger partial charge in [0.15, 0.2) is 0 Å². The smallest absolute Gasteiger partial charge is 0.239 e. The second kappa shape index (κ2) is 7.95.